The molecule has 2 aromatic rings. The number of hydrogen-bond acceptors (Lipinski definition) is 0. The molecule has 0 spiro atoms. The molecule has 0 N–H and O–H groups in total. The summed E-state index contributed by atoms with van der Waals surface area (Å²) in [5.74, 6) is 2.26. The highest BCUT2D eigenvalue weighted by Crippen LogP contribution is 2.16. The van der Waals surface area contributed by atoms with Crippen molar-refractivity contribution >= 4 is 0 Å². The molecule has 0 fully saturated rings. The summed E-state index contributed by atoms with van der Waals surface area (Å²) in [6, 6.07) is 14.7. The first-order chi connectivity index (χ1) is 8.29. The minimum atomic E-state index is -0.192. The van der Waals surface area contributed by atoms with Crippen LogP contribution in [0.15, 0.2) is 48.5 Å². The largest absolute Gasteiger partial charge is 0.207 e. The molecule has 1 radical (unpaired) electrons. The van der Waals surface area contributed by atoms with Gasteiger partial charge in [0, 0.05) is 6.42 Å². The fraction of sp³-hybridized carbons (Fsp3) is 0.0625. The van der Waals surface area contributed by atoms with Crippen LogP contribution in [0.3, 0.4) is 0 Å². The van der Waals surface area contributed by atoms with E-state index >= 15 is 0 Å². The van der Waals surface area contributed by atoms with E-state index < -0.39 is 0 Å². The van der Waals surface area contributed by atoms with E-state index in [4.69, 9.17) is 6.42 Å². The molecule has 0 aliphatic carbocycles. The first kappa shape index (κ1) is 11.4. The van der Waals surface area contributed by atoms with Crippen LogP contribution in [-0.4, -0.2) is 0 Å². The van der Waals surface area contributed by atoms with Gasteiger partial charge in [-0.2, -0.15) is 0 Å². The SMILES string of the molecule is C#C[CH]c1ccc(F)c(Cc2ccccc2)c1. The van der Waals surface area contributed by atoms with Crippen LogP contribution in [-0.2, 0) is 6.42 Å². The molecule has 0 nitrogen and oxygen atoms in total. The van der Waals surface area contributed by atoms with Crippen molar-refractivity contribution in [2.75, 3.05) is 0 Å². The summed E-state index contributed by atoms with van der Waals surface area (Å²) in [6.07, 6.45) is 7.42. The molecular weight excluding hydrogens is 211 g/mol. The fourth-order valence-electron chi connectivity index (χ4n) is 1.73. The molecule has 0 aliphatic rings. The van der Waals surface area contributed by atoms with Crippen LogP contribution in [0.4, 0.5) is 4.39 Å². The number of terminal acetylenes is 1. The lowest BCUT2D eigenvalue weighted by molar-refractivity contribution is 0.613. The van der Waals surface area contributed by atoms with Gasteiger partial charge >= 0.3 is 0 Å². The lowest BCUT2D eigenvalue weighted by atomic mass is 10.0. The Kier molecular flexibility index (Phi) is 3.57. The highest BCUT2D eigenvalue weighted by atomic mass is 19.1. The third kappa shape index (κ3) is 2.95. The number of halogens is 1. The van der Waals surface area contributed by atoms with Crippen LogP contribution in [0.25, 0.3) is 0 Å². The maximum Gasteiger partial charge on any atom is 0.126 e. The molecular formula is C16H12F. The smallest absolute Gasteiger partial charge is 0.126 e. The summed E-state index contributed by atoms with van der Waals surface area (Å²) in [4.78, 5) is 0. The van der Waals surface area contributed by atoms with Gasteiger partial charge in [0.2, 0.25) is 0 Å². The summed E-state index contributed by atoms with van der Waals surface area (Å²) in [6.45, 7) is 0. The van der Waals surface area contributed by atoms with Gasteiger partial charge in [-0.15, -0.1) is 6.42 Å². The molecule has 0 saturated carbocycles. The Hall–Kier alpha value is -2.07. The standard InChI is InChI=1S/C16H12F/c1-2-6-13-9-10-16(17)15(11-13)12-14-7-4-3-5-8-14/h1,3-11H,12H2. The second-order valence-electron chi connectivity index (χ2n) is 3.82. The van der Waals surface area contributed by atoms with Crippen LogP contribution in [0.2, 0.25) is 0 Å². The second kappa shape index (κ2) is 5.32. The van der Waals surface area contributed by atoms with E-state index in [1.165, 1.54) is 6.07 Å². The third-order valence-corrected chi connectivity index (χ3v) is 2.56. The first-order valence-corrected chi connectivity index (χ1v) is 5.41. The minimum Gasteiger partial charge on any atom is -0.207 e. The molecule has 2 aromatic carbocycles. The van der Waals surface area contributed by atoms with Gasteiger partial charge in [-0.05, 0) is 22.8 Å². The van der Waals surface area contributed by atoms with Crippen LogP contribution in [0.1, 0.15) is 16.7 Å². The van der Waals surface area contributed by atoms with E-state index in [1.807, 2.05) is 30.3 Å². The van der Waals surface area contributed by atoms with Crippen LogP contribution in [0.5, 0.6) is 0 Å². The summed E-state index contributed by atoms with van der Waals surface area (Å²) < 4.78 is 13.6. The Morgan fingerprint density at radius 2 is 1.88 bits per heavy atom. The van der Waals surface area contributed by atoms with E-state index in [9.17, 15) is 4.39 Å². The maximum atomic E-state index is 13.6. The van der Waals surface area contributed by atoms with E-state index in [1.54, 1.807) is 18.6 Å². The van der Waals surface area contributed by atoms with Crippen LogP contribution in [0, 0.1) is 24.6 Å². The van der Waals surface area contributed by atoms with E-state index in [0.29, 0.717) is 12.0 Å². The van der Waals surface area contributed by atoms with Crippen molar-refractivity contribution in [3.63, 3.8) is 0 Å². The lowest BCUT2D eigenvalue weighted by Crippen LogP contribution is -1.94. The Balaban J connectivity index is 2.26. The predicted molar refractivity (Wildman–Crippen MR) is 67.9 cm³/mol. The number of rotatable bonds is 3. The molecule has 0 saturated heterocycles. The average Bonchev–Trinajstić information content (AvgIpc) is 2.35. The Morgan fingerprint density at radius 1 is 1.12 bits per heavy atom. The quantitative estimate of drug-likeness (QED) is 0.697. The van der Waals surface area contributed by atoms with Gasteiger partial charge < -0.3 is 0 Å². The van der Waals surface area contributed by atoms with Gasteiger partial charge in [0.1, 0.15) is 5.82 Å². The minimum absolute atomic E-state index is 0.192. The molecule has 17 heavy (non-hydrogen) atoms. The van der Waals surface area contributed by atoms with Crippen molar-refractivity contribution in [2.24, 2.45) is 0 Å². The fourth-order valence-corrected chi connectivity index (χ4v) is 1.73. The molecule has 0 bridgehead atoms. The van der Waals surface area contributed by atoms with E-state index in [-0.39, 0.29) is 5.82 Å². The second-order valence-corrected chi connectivity index (χ2v) is 3.82. The normalized spacial score (nSPS) is 9.88. The van der Waals surface area contributed by atoms with Crippen molar-refractivity contribution in [3.05, 3.63) is 77.5 Å². The Labute approximate surface area is 101 Å². The van der Waals surface area contributed by atoms with Gasteiger partial charge in [0.25, 0.3) is 0 Å². The molecule has 83 valence electrons. The van der Waals surface area contributed by atoms with Crippen molar-refractivity contribution in [1.29, 1.82) is 0 Å². The topological polar surface area (TPSA) is 0 Å². The predicted octanol–water partition coefficient (Wildman–Crippen LogP) is 3.60. The molecule has 0 aliphatic heterocycles. The summed E-state index contributed by atoms with van der Waals surface area (Å²) in [5.41, 5.74) is 2.62. The first-order valence-electron chi connectivity index (χ1n) is 5.41. The number of benzene rings is 2. The van der Waals surface area contributed by atoms with Crippen LogP contribution < -0.4 is 0 Å². The Morgan fingerprint density at radius 3 is 2.59 bits per heavy atom. The Bertz CT molecular complexity index is 535. The molecule has 1 heteroatoms. The highest BCUT2D eigenvalue weighted by Gasteiger charge is 2.04. The van der Waals surface area contributed by atoms with Crippen molar-refractivity contribution in [2.45, 2.75) is 6.42 Å². The summed E-state index contributed by atoms with van der Waals surface area (Å²) >= 11 is 0. The third-order valence-electron chi connectivity index (χ3n) is 2.56. The summed E-state index contributed by atoms with van der Waals surface area (Å²) in [7, 11) is 0. The van der Waals surface area contributed by atoms with Gasteiger partial charge in [-0.3, -0.25) is 0 Å². The molecule has 0 aromatic heterocycles. The van der Waals surface area contributed by atoms with E-state index in [2.05, 4.69) is 5.92 Å². The van der Waals surface area contributed by atoms with Crippen molar-refractivity contribution in [1.82, 2.24) is 0 Å². The van der Waals surface area contributed by atoms with Gasteiger partial charge in [-0.25, -0.2) is 4.39 Å². The van der Waals surface area contributed by atoms with Gasteiger partial charge in [0.05, 0.1) is 6.42 Å². The summed E-state index contributed by atoms with van der Waals surface area (Å²) in [5, 5.41) is 0. The zero-order valence-corrected chi connectivity index (χ0v) is 9.36. The molecule has 2 rings (SSSR count). The lowest BCUT2D eigenvalue weighted by Gasteiger charge is -2.05. The zero-order chi connectivity index (χ0) is 12.1. The van der Waals surface area contributed by atoms with Crippen LogP contribution >= 0.6 is 0 Å². The van der Waals surface area contributed by atoms with Gasteiger partial charge in [-0.1, -0.05) is 48.4 Å². The molecule has 0 atom stereocenters. The zero-order valence-electron chi connectivity index (χ0n) is 9.36. The van der Waals surface area contributed by atoms with Crippen molar-refractivity contribution in [3.8, 4) is 12.3 Å². The molecule has 0 heterocycles. The highest BCUT2D eigenvalue weighted by molar-refractivity contribution is 5.37. The average molecular weight is 223 g/mol. The van der Waals surface area contributed by atoms with Crippen molar-refractivity contribution < 1.29 is 4.39 Å². The maximum absolute atomic E-state index is 13.6. The molecule has 0 amide bonds. The number of hydrogen-bond donors (Lipinski definition) is 0. The molecule has 0 unspecified atom stereocenters. The van der Waals surface area contributed by atoms with Gasteiger partial charge in [0.15, 0.2) is 0 Å². The van der Waals surface area contributed by atoms with E-state index in [0.717, 1.165) is 11.1 Å². The monoisotopic (exact) mass is 223 g/mol.